The molecule has 1 aromatic carbocycles. The molecule has 1 saturated heterocycles. The van der Waals surface area contributed by atoms with Gasteiger partial charge in [0.1, 0.15) is 0 Å². The van der Waals surface area contributed by atoms with Gasteiger partial charge in [0.2, 0.25) is 5.91 Å². The molecule has 104 valence electrons. The van der Waals surface area contributed by atoms with Gasteiger partial charge in [0.05, 0.1) is 0 Å². The van der Waals surface area contributed by atoms with Gasteiger partial charge in [-0.05, 0) is 25.3 Å². The van der Waals surface area contributed by atoms with E-state index in [0.717, 1.165) is 19.5 Å². The third-order valence-corrected chi connectivity index (χ3v) is 3.90. The first-order valence-electron chi connectivity index (χ1n) is 7.24. The second-order valence-electron chi connectivity index (χ2n) is 6.75. The molecule has 1 aliphatic rings. The smallest absolute Gasteiger partial charge is 0.227 e. The first kappa shape index (κ1) is 14.1. The largest absolute Gasteiger partial charge is 0.342 e. The van der Waals surface area contributed by atoms with Gasteiger partial charge in [-0.2, -0.15) is 0 Å². The van der Waals surface area contributed by atoms with Crippen molar-refractivity contribution in [1.29, 1.82) is 0 Å². The van der Waals surface area contributed by atoms with E-state index in [0.29, 0.717) is 5.92 Å². The fourth-order valence-corrected chi connectivity index (χ4v) is 2.75. The summed E-state index contributed by atoms with van der Waals surface area (Å²) in [6.45, 7) is 9.91. The summed E-state index contributed by atoms with van der Waals surface area (Å²) < 4.78 is 0. The zero-order valence-corrected chi connectivity index (χ0v) is 12.6. The third kappa shape index (κ3) is 3.37. The Morgan fingerprint density at radius 2 is 1.84 bits per heavy atom. The number of likely N-dealkylation sites (tertiary alicyclic amines) is 1. The lowest BCUT2D eigenvalue weighted by atomic mass is 9.87. The van der Waals surface area contributed by atoms with E-state index in [1.54, 1.807) is 0 Å². The molecule has 19 heavy (non-hydrogen) atoms. The number of aryl methyl sites for hydroxylation is 1. The Kier molecular flexibility index (Phi) is 3.98. The Hall–Kier alpha value is -1.31. The van der Waals surface area contributed by atoms with Crippen LogP contribution in [0.15, 0.2) is 24.3 Å². The summed E-state index contributed by atoms with van der Waals surface area (Å²) in [4.78, 5) is 14.4. The van der Waals surface area contributed by atoms with Crippen LogP contribution in [0.5, 0.6) is 0 Å². The summed E-state index contributed by atoms with van der Waals surface area (Å²) in [5, 5.41) is 0. The van der Waals surface area contributed by atoms with E-state index in [2.05, 4.69) is 31.2 Å². The summed E-state index contributed by atoms with van der Waals surface area (Å²) in [6.07, 6.45) is 2.30. The molecule has 1 amide bonds. The van der Waals surface area contributed by atoms with Crippen LogP contribution < -0.4 is 0 Å². The number of nitrogens with zero attached hydrogens (tertiary/aromatic N) is 1. The van der Waals surface area contributed by atoms with E-state index in [1.165, 1.54) is 17.5 Å². The average molecular weight is 259 g/mol. The van der Waals surface area contributed by atoms with Crippen LogP contribution in [-0.2, 0) is 4.79 Å². The van der Waals surface area contributed by atoms with E-state index in [1.807, 2.05) is 25.7 Å². The van der Waals surface area contributed by atoms with Crippen molar-refractivity contribution in [2.75, 3.05) is 13.1 Å². The highest BCUT2D eigenvalue weighted by atomic mass is 16.2. The lowest BCUT2D eigenvalue weighted by Gasteiger charge is -2.36. The second kappa shape index (κ2) is 5.36. The van der Waals surface area contributed by atoms with Gasteiger partial charge < -0.3 is 4.90 Å². The van der Waals surface area contributed by atoms with Crippen molar-refractivity contribution in [2.24, 2.45) is 5.41 Å². The molecule has 1 atom stereocenters. The van der Waals surface area contributed by atoms with Crippen LogP contribution in [0.3, 0.4) is 0 Å². The normalized spacial score (nSPS) is 20.4. The highest BCUT2D eigenvalue weighted by Gasteiger charge is 2.31. The van der Waals surface area contributed by atoms with Crippen molar-refractivity contribution in [3.05, 3.63) is 35.4 Å². The maximum Gasteiger partial charge on any atom is 0.227 e. The topological polar surface area (TPSA) is 20.3 Å². The third-order valence-electron chi connectivity index (χ3n) is 3.90. The predicted molar refractivity (Wildman–Crippen MR) is 79.2 cm³/mol. The molecule has 0 saturated carbocycles. The van der Waals surface area contributed by atoms with E-state index >= 15 is 0 Å². The molecule has 1 fully saturated rings. The molecular weight excluding hydrogens is 234 g/mol. The molecule has 1 heterocycles. The standard InChI is InChI=1S/C17H25NO/c1-13-7-9-14(10-8-13)15-6-5-11-18(12-15)16(19)17(2,3)4/h7-10,15H,5-6,11-12H2,1-4H3. The van der Waals surface area contributed by atoms with Gasteiger partial charge in [0.15, 0.2) is 0 Å². The molecular formula is C17H25NO. The predicted octanol–water partition coefficient (Wildman–Crippen LogP) is 3.75. The summed E-state index contributed by atoms with van der Waals surface area (Å²) in [6, 6.07) is 8.76. The van der Waals surface area contributed by atoms with Crippen molar-refractivity contribution < 1.29 is 4.79 Å². The summed E-state index contributed by atoms with van der Waals surface area (Å²) >= 11 is 0. The summed E-state index contributed by atoms with van der Waals surface area (Å²) in [5.41, 5.74) is 2.40. The number of rotatable bonds is 1. The zero-order chi connectivity index (χ0) is 14.0. The monoisotopic (exact) mass is 259 g/mol. The fraction of sp³-hybridized carbons (Fsp3) is 0.588. The average Bonchev–Trinajstić information content (AvgIpc) is 2.38. The first-order chi connectivity index (χ1) is 8.88. The van der Waals surface area contributed by atoms with Crippen LogP contribution in [0.1, 0.15) is 50.7 Å². The molecule has 0 radical (unpaired) electrons. The number of benzene rings is 1. The number of hydrogen-bond acceptors (Lipinski definition) is 1. The summed E-state index contributed by atoms with van der Waals surface area (Å²) in [5.74, 6) is 0.782. The quantitative estimate of drug-likeness (QED) is 0.752. The highest BCUT2D eigenvalue weighted by molar-refractivity contribution is 5.81. The minimum absolute atomic E-state index is 0.269. The SMILES string of the molecule is Cc1ccc(C2CCCN(C(=O)C(C)(C)C)C2)cc1. The van der Waals surface area contributed by atoms with Gasteiger partial charge in [-0.15, -0.1) is 0 Å². The molecule has 0 aliphatic carbocycles. The molecule has 2 nitrogen and oxygen atoms in total. The molecule has 2 heteroatoms. The van der Waals surface area contributed by atoms with E-state index < -0.39 is 0 Å². The van der Waals surface area contributed by atoms with Gasteiger partial charge in [-0.25, -0.2) is 0 Å². The highest BCUT2D eigenvalue weighted by Crippen LogP contribution is 2.29. The van der Waals surface area contributed by atoms with E-state index in [9.17, 15) is 4.79 Å². The molecule has 0 spiro atoms. The first-order valence-corrected chi connectivity index (χ1v) is 7.24. The minimum Gasteiger partial charge on any atom is -0.342 e. The Morgan fingerprint density at radius 1 is 1.21 bits per heavy atom. The van der Waals surface area contributed by atoms with E-state index in [-0.39, 0.29) is 11.3 Å². The van der Waals surface area contributed by atoms with Crippen molar-refractivity contribution in [2.45, 2.75) is 46.5 Å². The van der Waals surface area contributed by atoms with Gasteiger partial charge in [-0.3, -0.25) is 4.79 Å². The van der Waals surface area contributed by atoms with Crippen LogP contribution in [0.4, 0.5) is 0 Å². The maximum absolute atomic E-state index is 12.4. The molecule has 1 aliphatic heterocycles. The van der Waals surface area contributed by atoms with E-state index in [4.69, 9.17) is 0 Å². The molecule has 0 N–H and O–H groups in total. The lowest BCUT2D eigenvalue weighted by Crippen LogP contribution is -2.44. The minimum atomic E-state index is -0.269. The second-order valence-corrected chi connectivity index (χ2v) is 6.75. The number of carbonyl (C=O) groups is 1. The van der Waals surface area contributed by atoms with Crippen molar-refractivity contribution in [3.63, 3.8) is 0 Å². The van der Waals surface area contributed by atoms with Crippen LogP contribution in [-0.4, -0.2) is 23.9 Å². The number of carbonyl (C=O) groups excluding carboxylic acids is 1. The Labute approximate surface area is 116 Å². The summed E-state index contributed by atoms with van der Waals surface area (Å²) in [7, 11) is 0. The van der Waals surface area contributed by atoms with Crippen LogP contribution in [0.2, 0.25) is 0 Å². The Balaban J connectivity index is 2.09. The molecule has 1 aromatic rings. The molecule has 2 rings (SSSR count). The van der Waals surface area contributed by atoms with Crippen LogP contribution in [0, 0.1) is 12.3 Å². The Morgan fingerprint density at radius 3 is 2.42 bits per heavy atom. The molecule has 0 bridgehead atoms. The van der Waals surface area contributed by atoms with Crippen molar-refractivity contribution in [1.82, 2.24) is 4.90 Å². The maximum atomic E-state index is 12.4. The van der Waals surface area contributed by atoms with Crippen LogP contribution in [0.25, 0.3) is 0 Å². The number of piperidine rings is 1. The Bertz CT molecular complexity index is 441. The molecule has 0 aromatic heterocycles. The number of hydrogen-bond donors (Lipinski definition) is 0. The van der Waals surface area contributed by atoms with Gasteiger partial charge in [0, 0.05) is 24.4 Å². The van der Waals surface area contributed by atoms with Gasteiger partial charge in [-0.1, -0.05) is 50.6 Å². The zero-order valence-electron chi connectivity index (χ0n) is 12.6. The fourth-order valence-electron chi connectivity index (χ4n) is 2.75. The number of amides is 1. The van der Waals surface area contributed by atoms with Crippen molar-refractivity contribution in [3.8, 4) is 0 Å². The van der Waals surface area contributed by atoms with Crippen molar-refractivity contribution >= 4 is 5.91 Å². The van der Waals surface area contributed by atoms with Gasteiger partial charge >= 0.3 is 0 Å². The van der Waals surface area contributed by atoms with Gasteiger partial charge in [0.25, 0.3) is 0 Å². The molecule has 1 unspecified atom stereocenters. The van der Waals surface area contributed by atoms with Crippen LogP contribution >= 0.6 is 0 Å². The lowest BCUT2D eigenvalue weighted by molar-refractivity contribution is -0.140.